The molecule has 5 heteroatoms. The predicted molar refractivity (Wildman–Crippen MR) is 37.9 cm³/mol. The van der Waals surface area contributed by atoms with Crippen LogP contribution >= 0.6 is 0 Å². The van der Waals surface area contributed by atoms with Crippen molar-refractivity contribution in [2.75, 3.05) is 0 Å². The van der Waals surface area contributed by atoms with Gasteiger partial charge in [-0.1, -0.05) is 12.1 Å². The van der Waals surface area contributed by atoms with E-state index in [-0.39, 0.29) is 0 Å². The molecule has 1 heterocycles. The molecule has 58 valence electrons. The zero-order valence-corrected chi connectivity index (χ0v) is 6.52. The molecule has 2 rings (SSSR count). The summed E-state index contributed by atoms with van der Waals surface area (Å²) < 4.78 is 9.44. The average Bonchev–Trinajstić information content (AvgIpc) is 2.21. The van der Waals surface area contributed by atoms with Gasteiger partial charge in [-0.3, -0.25) is 0 Å². The summed E-state index contributed by atoms with van der Waals surface area (Å²) in [6.45, 7) is 0. The quantitative estimate of drug-likeness (QED) is 0.533. The molecule has 0 fully saturated rings. The van der Waals surface area contributed by atoms with E-state index in [2.05, 4.69) is 0 Å². The Labute approximate surface area is 64.1 Å². The molecule has 0 aliphatic carbocycles. The number of rotatable bonds is 0. The number of hydrogen-bond acceptors (Lipinski definition) is 4. The van der Waals surface area contributed by atoms with Gasteiger partial charge in [-0.15, -0.1) is 0 Å². The Morgan fingerprint density at radius 1 is 1.00 bits per heavy atom. The van der Waals surface area contributed by atoms with Crippen molar-refractivity contribution in [2.45, 2.75) is 0 Å². The maximum Gasteiger partial charge on any atom is 0.815 e. The molecule has 1 aromatic rings. The summed E-state index contributed by atoms with van der Waals surface area (Å²) in [6.07, 6.45) is 0. The Hall–Kier alpha value is -1.04. The van der Waals surface area contributed by atoms with Crippen molar-refractivity contribution in [3.8, 4) is 11.5 Å². The molecule has 0 radical (unpaired) electrons. The van der Waals surface area contributed by atoms with E-state index in [9.17, 15) is 0 Å². The van der Waals surface area contributed by atoms with Gasteiger partial charge < -0.3 is 18.4 Å². The van der Waals surface area contributed by atoms with Crippen LogP contribution in [0, 0.1) is 0 Å². The van der Waals surface area contributed by atoms with Gasteiger partial charge in [0.15, 0.2) is 11.5 Å². The van der Waals surface area contributed by atoms with Gasteiger partial charge in [-0.25, -0.2) is 0 Å². The van der Waals surface area contributed by atoms with Crippen LogP contribution in [0.15, 0.2) is 24.3 Å². The second-order valence-electron chi connectivity index (χ2n) is 2.20. The van der Waals surface area contributed by atoms with Crippen LogP contribution in [-0.4, -0.2) is 18.6 Å². The monoisotopic (exact) mass is 170 g/mol. The van der Waals surface area contributed by atoms with Crippen molar-refractivity contribution in [3.63, 3.8) is 0 Å². The first-order valence-electron chi connectivity index (χ1n) is 3.09. The van der Waals surface area contributed by atoms with Crippen molar-refractivity contribution in [2.24, 2.45) is 0 Å². The van der Waals surface area contributed by atoms with Gasteiger partial charge >= 0.3 is 9.05 Å². The molecule has 0 aromatic heterocycles. The molecule has 0 bridgehead atoms. The van der Waals surface area contributed by atoms with Gasteiger partial charge in [0.2, 0.25) is 0 Å². The maximum atomic E-state index is 8.97. The summed E-state index contributed by atoms with van der Waals surface area (Å²) in [5.41, 5.74) is 0. The Morgan fingerprint density at radius 2 is 1.45 bits per heavy atom. The van der Waals surface area contributed by atoms with E-state index < -0.39 is 9.05 Å². The molecule has 0 saturated heterocycles. The second kappa shape index (κ2) is 1.97. The molecule has 2 N–H and O–H groups in total. The van der Waals surface area contributed by atoms with Crippen LogP contribution in [0.5, 0.6) is 11.5 Å². The number of hydrogen-bond donors (Lipinski definition) is 2. The molecular formula is C6H6O4Si. The lowest BCUT2D eigenvalue weighted by Gasteiger charge is -2.04. The molecule has 0 unspecified atom stereocenters. The first kappa shape index (κ1) is 6.65. The van der Waals surface area contributed by atoms with E-state index >= 15 is 0 Å². The van der Waals surface area contributed by atoms with Crippen molar-refractivity contribution in [3.05, 3.63) is 24.3 Å². The number of benzene rings is 1. The lowest BCUT2D eigenvalue weighted by Crippen LogP contribution is -2.45. The summed E-state index contributed by atoms with van der Waals surface area (Å²) in [4.78, 5) is 17.9. The molecule has 0 saturated carbocycles. The largest absolute Gasteiger partial charge is 0.815 e. The molecule has 0 spiro atoms. The van der Waals surface area contributed by atoms with Crippen LogP contribution in [0.4, 0.5) is 0 Å². The van der Waals surface area contributed by atoms with Crippen LogP contribution < -0.4 is 8.85 Å². The summed E-state index contributed by atoms with van der Waals surface area (Å²) in [7, 11) is -3.84. The van der Waals surface area contributed by atoms with Crippen LogP contribution in [0.1, 0.15) is 0 Å². The van der Waals surface area contributed by atoms with E-state index in [1.165, 1.54) is 0 Å². The van der Waals surface area contributed by atoms with Gasteiger partial charge in [0, 0.05) is 0 Å². The number of fused-ring (bicyclic) bond motifs is 1. The SMILES string of the molecule is O[Si]1(O)Oc2ccccc2O1. The highest BCUT2D eigenvalue weighted by atomic mass is 28.4. The molecular weight excluding hydrogens is 164 g/mol. The average molecular weight is 170 g/mol. The highest BCUT2D eigenvalue weighted by Gasteiger charge is 2.48. The van der Waals surface area contributed by atoms with Gasteiger partial charge in [-0.2, -0.15) is 0 Å². The molecule has 0 amide bonds. The van der Waals surface area contributed by atoms with Gasteiger partial charge in [-0.05, 0) is 12.1 Å². The molecule has 1 aromatic carbocycles. The lowest BCUT2D eigenvalue weighted by atomic mass is 10.3. The van der Waals surface area contributed by atoms with Gasteiger partial charge in [0.1, 0.15) is 0 Å². The first-order chi connectivity index (χ1) is 5.17. The highest BCUT2D eigenvalue weighted by molar-refractivity contribution is 6.53. The minimum Gasteiger partial charge on any atom is -0.467 e. The Bertz CT molecular complexity index is 259. The number of para-hydroxylation sites is 2. The van der Waals surface area contributed by atoms with Crippen LogP contribution in [0.2, 0.25) is 0 Å². The lowest BCUT2D eigenvalue weighted by molar-refractivity contribution is 0.167. The summed E-state index contributed by atoms with van der Waals surface area (Å²) >= 11 is 0. The van der Waals surface area contributed by atoms with E-state index in [0.29, 0.717) is 11.5 Å². The Kier molecular flexibility index (Phi) is 1.19. The molecule has 4 nitrogen and oxygen atoms in total. The van der Waals surface area contributed by atoms with Gasteiger partial charge in [0.25, 0.3) is 0 Å². The summed E-state index contributed by atoms with van der Waals surface area (Å²) in [5, 5.41) is 0. The zero-order chi connectivity index (χ0) is 7.90. The van der Waals surface area contributed by atoms with Crippen molar-refractivity contribution < 1.29 is 18.4 Å². The first-order valence-corrected chi connectivity index (χ1v) is 4.80. The molecule has 1 aliphatic heterocycles. The topological polar surface area (TPSA) is 58.9 Å². The highest BCUT2D eigenvalue weighted by Crippen LogP contribution is 2.34. The third-order valence-electron chi connectivity index (χ3n) is 1.33. The van der Waals surface area contributed by atoms with Gasteiger partial charge in [0.05, 0.1) is 0 Å². The van der Waals surface area contributed by atoms with Crippen LogP contribution in [-0.2, 0) is 0 Å². The predicted octanol–water partition coefficient (Wildman–Crippen LogP) is -0.122. The fourth-order valence-corrected chi connectivity index (χ4v) is 1.88. The third kappa shape index (κ3) is 1.09. The summed E-state index contributed by atoms with van der Waals surface area (Å²) in [5.74, 6) is 0.785. The third-order valence-corrected chi connectivity index (χ3v) is 2.31. The Morgan fingerprint density at radius 3 is 1.91 bits per heavy atom. The molecule has 0 atom stereocenters. The van der Waals surface area contributed by atoms with Crippen LogP contribution in [0.25, 0.3) is 0 Å². The minimum atomic E-state index is -3.84. The maximum absolute atomic E-state index is 8.97. The molecule has 1 aliphatic rings. The second-order valence-corrected chi connectivity index (χ2v) is 3.70. The smallest absolute Gasteiger partial charge is 0.467 e. The standard InChI is InChI=1S/C6H6O4Si/c7-11(8)9-5-3-1-2-4-6(5)10-11/h1-4,7-8H. The fourth-order valence-electron chi connectivity index (χ4n) is 0.926. The normalized spacial score (nSPS) is 18.4. The summed E-state index contributed by atoms with van der Waals surface area (Å²) in [6, 6.07) is 6.71. The van der Waals surface area contributed by atoms with E-state index in [4.69, 9.17) is 18.4 Å². The fraction of sp³-hybridized carbons (Fsp3) is 0. The Balaban J connectivity index is 2.41. The van der Waals surface area contributed by atoms with E-state index in [0.717, 1.165) is 0 Å². The minimum absolute atomic E-state index is 0.393. The van der Waals surface area contributed by atoms with Crippen molar-refractivity contribution >= 4 is 9.05 Å². The van der Waals surface area contributed by atoms with E-state index in [1.807, 2.05) is 0 Å². The van der Waals surface area contributed by atoms with Crippen molar-refractivity contribution in [1.29, 1.82) is 0 Å². The van der Waals surface area contributed by atoms with E-state index in [1.54, 1.807) is 24.3 Å². The van der Waals surface area contributed by atoms with Crippen molar-refractivity contribution in [1.82, 2.24) is 0 Å². The zero-order valence-electron chi connectivity index (χ0n) is 5.52. The molecule has 11 heavy (non-hydrogen) atoms. The van der Waals surface area contributed by atoms with Crippen LogP contribution in [0.3, 0.4) is 0 Å².